The van der Waals surface area contributed by atoms with E-state index < -0.39 is 0 Å². The number of aryl methyl sites for hydroxylation is 1. The van der Waals surface area contributed by atoms with Crippen molar-refractivity contribution in [1.29, 1.82) is 0 Å². The number of hydrogen-bond donors (Lipinski definition) is 0. The first-order valence-electron chi connectivity index (χ1n) is 9.54. The lowest BCUT2D eigenvalue weighted by Gasteiger charge is -2.41. The molecule has 0 N–H and O–H groups in total. The van der Waals surface area contributed by atoms with Crippen LogP contribution in [0, 0.1) is 12.8 Å². The van der Waals surface area contributed by atoms with Gasteiger partial charge in [-0.05, 0) is 58.0 Å². The van der Waals surface area contributed by atoms with Gasteiger partial charge in [-0.1, -0.05) is 5.16 Å². The molecule has 4 rings (SSSR count). The molecular formula is C18H28N4O3. The number of nitrogens with zero attached hydrogens (tertiary/aromatic N) is 4. The molecule has 1 unspecified atom stereocenters. The molecule has 138 valence electrons. The van der Waals surface area contributed by atoms with Crippen LogP contribution in [-0.2, 0) is 9.53 Å². The van der Waals surface area contributed by atoms with E-state index >= 15 is 0 Å². The van der Waals surface area contributed by atoms with Crippen molar-refractivity contribution in [3.63, 3.8) is 0 Å². The lowest BCUT2D eigenvalue weighted by Crippen LogP contribution is -2.48. The van der Waals surface area contributed by atoms with Crippen molar-refractivity contribution >= 4 is 5.91 Å². The van der Waals surface area contributed by atoms with E-state index in [2.05, 4.69) is 15.0 Å². The Hall–Kier alpha value is -1.47. The first-order chi connectivity index (χ1) is 12.1. The Balaban J connectivity index is 1.40. The van der Waals surface area contributed by atoms with E-state index in [4.69, 9.17) is 9.26 Å². The summed E-state index contributed by atoms with van der Waals surface area (Å²) in [5.41, 5.74) is 0. The predicted octanol–water partition coefficient (Wildman–Crippen LogP) is 1.58. The van der Waals surface area contributed by atoms with E-state index in [0.717, 1.165) is 64.2 Å². The van der Waals surface area contributed by atoms with Crippen LogP contribution in [0.4, 0.5) is 0 Å². The molecular weight excluding hydrogens is 320 g/mol. The summed E-state index contributed by atoms with van der Waals surface area (Å²) in [6.07, 6.45) is 5.37. The molecule has 7 heteroatoms. The molecule has 3 aliphatic rings. The Labute approximate surface area is 148 Å². The van der Waals surface area contributed by atoms with Gasteiger partial charge >= 0.3 is 0 Å². The number of piperidine rings is 1. The number of rotatable bonds is 3. The third kappa shape index (κ3) is 3.31. The van der Waals surface area contributed by atoms with Gasteiger partial charge in [-0.15, -0.1) is 0 Å². The molecule has 0 bridgehead atoms. The van der Waals surface area contributed by atoms with E-state index in [0.29, 0.717) is 11.7 Å². The highest BCUT2D eigenvalue weighted by molar-refractivity contribution is 5.83. The van der Waals surface area contributed by atoms with Crippen molar-refractivity contribution in [2.75, 3.05) is 33.3 Å². The van der Waals surface area contributed by atoms with Crippen LogP contribution in [0.25, 0.3) is 0 Å². The Morgan fingerprint density at radius 2 is 1.92 bits per heavy atom. The van der Waals surface area contributed by atoms with Gasteiger partial charge in [0.25, 0.3) is 0 Å². The monoisotopic (exact) mass is 348 g/mol. The molecule has 3 atom stereocenters. The maximum Gasteiger partial charge on any atom is 0.239 e. The van der Waals surface area contributed by atoms with Crippen LogP contribution in [0.5, 0.6) is 0 Å². The molecule has 1 aromatic rings. The van der Waals surface area contributed by atoms with Crippen LogP contribution in [0.3, 0.4) is 0 Å². The Morgan fingerprint density at radius 3 is 2.56 bits per heavy atom. The maximum absolute atomic E-state index is 12.3. The number of hydrogen-bond acceptors (Lipinski definition) is 6. The van der Waals surface area contributed by atoms with Gasteiger partial charge in [0.05, 0.1) is 18.1 Å². The molecule has 25 heavy (non-hydrogen) atoms. The molecule has 4 heterocycles. The van der Waals surface area contributed by atoms with Crippen molar-refractivity contribution in [2.45, 2.75) is 57.1 Å². The molecule has 1 amide bonds. The van der Waals surface area contributed by atoms with Gasteiger partial charge in [-0.3, -0.25) is 9.69 Å². The first kappa shape index (κ1) is 17.0. The van der Waals surface area contributed by atoms with Crippen molar-refractivity contribution in [3.05, 3.63) is 11.7 Å². The summed E-state index contributed by atoms with van der Waals surface area (Å²) in [5.74, 6) is 2.43. The van der Waals surface area contributed by atoms with Gasteiger partial charge in [0.1, 0.15) is 0 Å². The minimum Gasteiger partial charge on any atom is -0.377 e. The van der Waals surface area contributed by atoms with Crippen LogP contribution in [0.1, 0.15) is 49.7 Å². The van der Waals surface area contributed by atoms with Gasteiger partial charge in [0.15, 0.2) is 5.82 Å². The third-order valence-electron chi connectivity index (χ3n) is 6.11. The Bertz CT molecular complexity index is 611. The summed E-state index contributed by atoms with van der Waals surface area (Å²) in [5, 5.41) is 3.96. The third-order valence-corrected chi connectivity index (χ3v) is 6.11. The van der Waals surface area contributed by atoms with Crippen molar-refractivity contribution < 1.29 is 14.1 Å². The molecule has 1 aromatic heterocycles. The van der Waals surface area contributed by atoms with E-state index in [1.807, 2.05) is 18.9 Å². The van der Waals surface area contributed by atoms with Crippen LogP contribution in [-0.4, -0.2) is 71.3 Å². The number of likely N-dealkylation sites (N-methyl/N-ethyl adjacent to an activating group) is 1. The minimum absolute atomic E-state index is 0.0904. The van der Waals surface area contributed by atoms with Crippen molar-refractivity contribution in [1.82, 2.24) is 19.9 Å². The molecule has 0 spiro atoms. The van der Waals surface area contributed by atoms with Gasteiger partial charge in [-0.2, -0.15) is 4.98 Å². The van der Waals surface area contributed by atoms with Crippen LogP contribution >= 0.6 is 0 Å². The standard InChI is InChI=1S/C18H28N4O3/c1-12-19-17(25-20-12)14-4-3-11-24-16(14)13-5-9-22(10-6-13)15-7-8-21(2)18(15)23/h13-16H,3-11H2,1-2H3/t14-,15?,16+/m1/s1. The highest BCUT2D eigenvalue weighted by atomic mass is 16.5. The second kappa shape index (κ2) is 7.03. The Kier molecular flexibility index (Phi) is 4.78. The highest BCUT2D eigenvalue weighted by Crippen LogP contribution is 2.38. The minimum atomic E-state index is 0.0904. The fourth-order valence-electron chi connectivity index (χ4n) is 4.70. The molecule has 0 aromatic carbocycles. The van der Waals surface area contributed by atoms with E-state index in [1.54, 1.807) is 0 Å². The quantitative estimate of drug-likeness (QED) is 0.826. The van der Waals surface area contributed by atoms with E-state index in [9.17, 15) is 4.79 Å². The average molecular weight is 348 g/mol. The lowest BCUT2D eigenvalue weighted by molar-refractivity contribution is -0.132. The van der Waals surface area contributed by atoms with Gasteiger partial charge < -0.3 is 14.2 Å². The summed E-state index contributed by atoms with van der Waals surface area (Å²) in [4.78, 5) is 20.9. The number of carbonyl (C=O) groups excluding carboxylic acids is 1. The van der Waals surface area contributed by atoms with Crippen molar-refractivity contribution in [2.24, 2.45) is 5.92 Å². The number of ether oxygens (including phenoxy) is 1. The number of carbonyl (C=O) groups is 1. The molecule has 3 saturated heterocycles. The van der Waals surface area contributed by atoms with Crippen LogP contribution in [0.15, 0.2) is 4.52 Å². The zero-order valence-corrected chi connectivity index (χ0v) is 15.2. The molecule has 7 nitrogen and oxygen atoms in total. The molecule has 0 saturated carbocycles. The highest BCUT2D eigenvalue weighted by Gasteiger charge is 2.41. The summed E-state index contributed by atoms with van der Waals surface area (Å²) >= 11 is 0. The largest absolute Gasteiger partial charge is 0.377 e. The second-order valence-corrected chi connectivity index (χ2v) is 7.70. The number of amides is 1. The van der Waals surface area contributed by atoms with Crippen molar-refractivity contribution in [3.8, 4) is 0 Å². The molecule has 3 aliphatic heterocycles. The average Bonchev–Trinajstić information content (AvgIpc) is 3.22. The maximum atomic E-state index is 12.3. The predicted molar refractivity (Wildman–Crippen MR) is 91.1 cm³/mol. The van der Waals surface area contributed by atoms with Gasteiger partial charge in [0.2, 0.25) is 11.8 Å². The topological polar surface area (TPSA) is 71.7 Å². The number of aromatic nitrogens is 2. The van der Waals surface area contributed by atoms with Crippen LogP contribution < -0.4 is 0 Å². The second-order valence-electron chi connectivity index (χ2n) is 7.70. The normalized spacial score (nSPS) is 32.5. The molecule has 3 fully saturated rings. The van der Waals surface area contributed by atoms with E-state index in [-0.39, 0.29) is 24.0 Å². The Morgan fingerprint density at radius 1 is 1.12 bits per heavy atom. The van der Waals surface area contributed by atoms with Crippen LogP contribution in [0.2, 0.25) is 0 Å². The smallest absolute Gasteiger partial charge is 0.239 e. The van der Waals surface area contributed by atoms with Gasteiger partial charge in [0, 0.05) is 20.2 Å². The fourth-order valence-corrected chi connectivity index (χ4v) is 4.70. The summed E-state index contributed by atoms with van der Waals surface area (Å²) in [7, 11) is 1.90. The first-order valence-corrected chi connectivity index (χ1v) is 9.54. The molecule has 0 radical (unpaired) electrons. The summed E-state index contributed by atoms with van der Waals surface area (Å²) in [6, 6.07) is 0.0904. The zero-order valence-electron chi connectivity index (χ0n) is 15.2. The summed E-state index contributed by atoms with van der Waals surface area (Å²) in [6.45, 7) is 5.52. The van der Waals surface area contributed by atoms with E-state index in [1.165, 1.54) is 0 Å². The summed E-state index contributed by atoms with van der Waals surface area (Å²) < 4.78 is 11.6. The lowest BCUT2D eigenvalue weighted by atomic mass is 9.80. The fraction of sp³-hybridized carbons (Fsp3) is 0.833. The SMILES string of the molecule is Cc1noc([C@@H]2CCCO[C@H]2C2CCN(C3CCN(C)C3=O)CC2)n1. The number of likely N-dealkylation sites (tertiary alicyclic amines) is 2. The van der Waals surface area contributed by atoms with Gasteiger partial charge in [-0.25, -0.2) is 0 Å². The zero-order chi connectivity index (χ0) is 17.4. The molecule has 0 aliphatic carbocycles.